The number of carbonyl (C=O) groups excluding carboxylic acids is 1. The number of aliphatic carboxylic acids is 1. The van der Waals surface area contributed by atoms with Crippen molar-refractivity contribution in [2.45, 2.75) is 25.0 Å². The number of aromatic nitrogens is 2. The standard InChI is InChI=1S/C14H17N3O3S/c1-3-15-13(20)9(2)17-11-7-5-4-6-10(11)16-14(17)21-8-12(18)19/h4-7,9H,3,8H2,1-2H3,(H,15,20)(H,18,19). The molecule has 1 unspecified atom stereocenters. The van der Waals surface area contributed by atoms with Gasteiger partial charge < -0.3 is 15.0 Å². The molecule has 0 fully saturated rings. The number of amides is 1. The number of hydrogen-bond acceptors (Lipinski definition) is 4. The molecular weight excluding hydrogens is 290 g/mol. The van der Waals surface area contributed by atoms with Gasteiger partial charge in [0.05, 0.1) is 16.8 Å². The maximum atomic E-state index is 12.1. The molecule has 0 aliphatic heterocycles. The minimum absolute atomic E-state index is 0.0918. The van der Waals surface area contributed by atoms with Gasteiger partial charge >= 0.3 is 5.97 Å². The van der Waals surface area contributed by atoms with Crippen molar-refractivity contribution in [3.8, 4) is 0 Å². The van der Waals surface area contributed by atoms with Crippen LogP contribution < -0.4 is 5.32 Å². The molecule has 0 aliphatic carbocycles. The molecule has 0 saturated carbocycles. The van der Waals surface area contributed by atoms with Gasteiger partial charge in [-0.15, -0.1) is 0 Å². The van der Waals surface area contributed by atoms with Crippen molar-refractivity contribution in [1.82, 2.24) is 14.9 Å². The average molecular weight is 307 g/mol. The third-order valence-electron chi connectivity index (χ3n) is 3.01. The minimum atomic E-state index is -0.913. The molecule has 2 rings (SSSR count). The zero-order valence-electron chi connectivity index (χ0n) is 11.9. The van der Waals surface area contributed by atoms with Crippen molar-refractivity contribution >= 4 is 34.7 Å². The zero-order valence-corrected chi connectivity index (χ0v) is 12.7. The average Bonchev–Trinajstić information content (AvgIpc) is 2.82. The Balaban J connectivity index is 2.44. The van der Waals surface area contributed by atoms with Gasteiger partial charge in [-0.2, -0.15) is 0 Å². The number of carbonyl (C=O) groups is 2. The maximum absolute atomic E-state index is 12.1. The van der Waals surface area contributed by atoms with Crippen molar-refractivity contribution < 1.29 is 14.7 Å². The minimum Gasteiger partial charge on any atom is -0.481 e. The summed E-state index contributed by atoms with van der Waals surface area (Å²) >= 11 is 1.12. The number of hydrogen-bond donors (Lipinski definition) is 2. The summed E-state index contributed by atoms with van der Waals surface area (Å²) in [5.74, 6) is -1.12. The first-order chi connectivity index (χ1) is 10.0. The molecule has 0 aliphatic rings. The lowest BCUT2D eigenvalue weighted by molar-refractivity contribution is -0.133. The predicted octanol–water partition coefficient (Wildman–Crippen LogP) is 1.91. The zero-order chi connectivity index (χ0) is 15.4. The number of fused-ring (bicyclic) bond motifs is 1. The van der Waals surface area contributed by atoms with E-state index in [1.165, 1.54) is 0 Å². The number of carboxylic acids is 1. The molecule has 1 aromatic heterocycles. The Morgan fingerprint density at radius 2 is 2.14 bits per heavy atom. The highest BCUT2D eigenvalue weighted by molar-refractivity contribution is 7.99. The Bertz CT molecular complexity index is 669. The summed E-state index contributed by atoms with van der Waals surface area (Å²) in [4.78, 5) is 27.3. The van der Waals surface area contributed by atoms with Crippen molar-refractivity contribution in [3.05, 3.63) is 24.3 Å². The Hall–Kier alpha value is -2.02. The van der Waals surface area contributed by atoms with Crippen LogP contribution in [-0.4, -0.2) is 38.8 Å². The number of nitrogens with zero attached hydrogens (tertiary/aromatic N) is 2. The summed E-state index contributed by atoms with van der Waals surface area (Å²) < 4.78 is 1.79. The van der Waals surface area contributed by atoms with Gasteiger partial charge in [0.15, 0.2) is 5.16 Å². The number of carboxylic acid groups (broad SMARTS) is 1. The van der Waals surface area contributed by atoms with Crippen molar-refractivity contribution in [1.29, 1.82) is 0 Å². The molecule has 0 saturated heterocycles. The van der Waals surface area contributed by atoms with Gasteiger partial charge in [-0.05, 0) is 26.0 Å². The molecule has 1 heterocycles. The first kappa shape index (κ1) is 15.4. The van der Waals surface area contributed by atoms with Crippen LogP contribution in [0.3, 0.4) is 0 Å². The van der Waals surface area contributed by atoms with Crippen LogP contribution in [0.1, 0.15) is 19.9 Å². The molecule has 2 aromatic rings. The molecule has 21 heavy (non-hydrogen) atoms. The van der Waals surface area contributed by atoms with E-state index in [4.69, 9.17) is 5.11 Å². The summed E-state index contributed by atoms with van der Waals surface area (Å²) in [7, 11) is 0. The smallest absolute Gasteiger partial charge is 0.313 e. The molecule has 7 heteroatoms. The Morgan fingerprint density at radius 3 is 2.81 bits per heavy atom. The van der Waals surface area contributed by atoms with E-state index < -0.39 is 12.0 Å². The van der Waals surface area contributed by atoms with E-state index in [9.17, 15) is 9.59 Å². The van der Waals surface area contributed by atoms with Gasteiger partial charge in [0.2, 0.25) is 5.91 Å². The highest BCUT2D eigenvalue weighted by Crippen LogP contribution is 2.27. The van der Waals surface area contributed by atoms with Crippen LogP contribution in [0.2, 0.25) is 0 Å². The van der Waals surface area contributed by atoms with Crippen LogP contribution in [-0.2, 0) is 9.59 Å². The van der Waals surface area contributed by atoms with E-state index in [2.05, 4.69) is 10.3 Å². The second-order valence-corrected chi connectivity index (χ2v) is 5.45. The monoisotopic (exact) mass is 307 g/mol. The molecule has 2 N–H and O–H groups in total. The van der Waals surface area contributed by atoms with Gasteiger partial charge in [-0.1, -0.05) is 23.9 Å². The first-order valence-electron chi connectivity index (χ1n) is 6.63. The number of thioether (sulfide) groups is 1. The highest BCUT2D eigenvalue weighted by atomic mass is 32.2. The molecule has 6 nitrogen and oxygen atoms in total. The van der Waals surface area contributed by atoms with E-state index in [1.807, 2.05) is 31.2 Å². The predicted molar refractivity (Wildman–Crippen MR) is 81.5 cm³/mol. The Morgan fingerprint density at radius 1 is 1.43 bits per heavy atom. The van der Waals surface area contributed by atoms with Crippen LogP contribution in [0.4, 0.5) is 0 Å². The van der Waals surface area contributed by atoms with Crippen LogP contribution >= 0.6 is 11.8 Å². The van der Waals surface area contributed by atoms with Crippen molar-refractivity contribution in [2.75, 3.05) is 12.3 Å². The maximum Gasteiger partial charge on any atom is 0.313 e. The number of imidazole rings is 1. The summed E-state index contributed by atoms with van der Waals surface area (Å²) in [6, 6.07) is 7.01. The first-order valence-corrected chi connectivity index (χ1v) is 7.62. The van der Waals surface area contributed by atoms with Gasteiger partial charge in [0, 0.05) is 6.54 Å². The lowest BCUT2D eigenvalue weighted by atomic mass is 10.2. The number of nitrogens with one attached hydrogen (secondary N) is 1. The second kappa shape index (κ2) is 6.62. The van der Waals surface area contributed by atoms with E-state index >= 15 is 0 Å². The molecule has 1 aromatic carbocycles. The molecule has 1 atom stereocenters. The summed E-state index contributed by atoms with van der Waals surface area (Å²) in [6.07, 6.45) is 0. The molecular formula is C14H17N3O3S. The third kappa shape index (κ3) is 3.36. The molecule has 1 amide bonds. The van der Waals surface area contributed by atoms with Crippen LogP contribution in [0.15, 0.2) is 29.4 Å². The number of benzene rings is 1. The quantitative estimate of drug-likeness (QED) is 0.796. The van der Waals surface area contributed by atoms with Crippen LogP contribution in [0, 0.1) is 0 Å². The normalized spacial score (nSPS) is 12.3. The van der Waals surface area contributed by atoms with Crippen molar-refractivity contribution in [3.63, 3.8) is 0 Å². The van der Waals surface area contributed by atoms with Gasteiger partial charge in [0.25, 0.3) is 0 Å². The molecule has 0 bridgehead atoms. The lowest BCUT2D eigenvalue weighted by Crippen LogP contribution is -2.31. The summed E-state index contributed by atoms with van der Waals surface area (Å²) in [5, 5.41) is 12.2. The van der Waals surface area contributed by atoms with Crippen molar-refractivity contribution in [2.24, 2.45) is 0 Å². The highest BCUT2D eigenvalue weighted by Gasteiger charge is 2.21. The molecule has 112 valence electrons. The van der Waals surface area contributed by atoms with Crippen LogP contribution in [0.25, 0.3) is 11.0 Å². The van der Waals surface area contributed by atoms with Gasteiger partial charge in [-0.3, -0.25) is 9.59 Å². The summed E-state index contributed by atoms with van der Waals surface area (Å²) in [6.45, 7) is 4.19. The SMILES string of the molecule is CCNC(=O)C(C)n1c(SCC(=O)O)nc2ccccc21. The van der Waals surface area contributed by atoms with E-state index in [0.717, 1.165) is 22.8 Å². The second-order valence-electron chi connectivity index (χ2n) is 4.51. The van der Waals surface area contributed by atoms with E-state index in [0.29, 0.717) is 11.7 Å². The van der Waals surface area contributed by atoms with Crippen LogP contribution in [0.5, 0.6) is 0 Å². The van der Waals surface area contributed by atoms with E-state index in [1.54, 1.807) is 11.5 Å². The summed E-state index contributed by atoms with van der Waals surface area (Å²) in [5.41, 5.74) is 1.57. The fraction of sp³-hybridized carbons (Fsp3) is 0.357. The Labute approximate surface area is 126 Å². The van der Waals surface area contributed by atoms with Gasteiger partial charge in [0.1, 0.15) is 6.04 Å². The topological polar surface area (TPSA) is 84.2 Å². The largest absolute Gasteiger partial charge is 0.481 e. The number of para-hydroxylation sites is 2. The van der Waals surface area contributed by atoms with Gasteiger partial charge in [-0.25, -0.2) is 4.98 Å². The molecule has 0 spiro atoms. The fourth-order valence-electron chi connectivity index (χ4n) is 2.06. The van der Waals surface area contributed by atoms with E-state index in [-0.39, 0.29) is 11.7 Å². The molecule has 0 radical (unpaired) electrons. The number of rotatable bonds is 6. The lowest BCUT2D eigenvalue weighted by Gasteiger charge is -2.16. The fourth-order valence-corrected chi connectivity index (χ4v) is 2.87. The Kier molecular flexibility index (Phi) is 4.85. The number of likely N-dealkylation sites (N-methyl/N-ethyl adjacent to an activating group) is 1. The third-order valence-corrected chi connectivity index (χ3v) is 3.94.